The number of hydrogen-bond donors (Lipinski definition) is 1. The second-order valence-corrected chi connectivity index (χ2v) is 6.19. The number of rotatable bonds is 4. The fourth-order valence-corrected chi connectivity index (χ4v) is 3.40. The molecular formula is C16H21BrN4O. The van der Waals surface area contributed by atoms with Crippen LogP contribution in [0.15, 0.2) is 34.9 Å². The van der Waals surface area contributed by atoms with Crippen molar-refractivity contribution in [3.8, 4) is 11.4 Å². The molecule has 1 aliphatic heterocycles. The summed E-state index contributed by atoms with van der Waals surface area (Å²) in [6.45, 7) is 3.85. The van der Waals surface area contributed by atoms with Crippen molar-refractivity contribution in [2.45, 2.75) is 6.04 Å². The highest BCUT2D eigenvalue weighted by Gasteiger charge is 2.27. The lowest BCUT2D eigenvalue weighted by atomic mass is 10.1. The zero-order chi connectivity index (χ0) is 15.5. The van der Waals surface area contributed by atoms with E-state index >= 15 is 0 Å². The minimum Gasteiger partial charge on any atom is -0.379 e. The number of nitrogens with zero attached hydrogens (tertiary/aromatic N) is 3. The van der Waals surface area contributed by atoms with Crippen LogP contribution in [0.2, 0.25) is 0 Å². The summed E-state index contributed by atoms with van der Waals surface area (Å²) < 4.78 is 8.51. The smallest absolute Gasteiger partial charge is 0.140 e. The zero-order valence-corrected chi connectivity index (χ0v) is 14.3. The highest BCUT2D eigenvalue weighted by atomic mass is 79.9. The number of ether oxygens (including phenoxy) is 1. The Bertz CT molecular complexity index is 623. The maximum atomic E-state index is 6.05. The predicted octanol–water partition coefficient (Wildman–Crippen LogP) is 2.18. The first-order valence-electron chi connectivity index (χ1n) is 7.51. The molecule has 5 nitrogen and oxygen atoms in total. The van der Waals surface area contributed by atoms with Gasteiger partial charge in [-0.3, -0.25) is 4.90 Å². The Labute approximate surface area is 139 Å². The van der Waals surface area contributed by atoms with Crippen LogP contribution < -0.4 is 5.73 Å². The third kappa shape index (κ3) is 2.96. The third-order valence-corrected chi connectivity index (χ3v) is 5.05. The van der Waals surface area contributed by atoms with E-state index in [0.29, 0.717) is 6.54 Å². The molecule has 6 heteroatoms. The van der Waals surface area contributed by atoms with Gasteiger partial charge in [-0.15, -0.1) is 0 Å². The maximum absolute atomic E-state index is 6.05. The lowest BCUT2D eigenvalue weighted by Crippen LogP contribution is -2.42. The van der Waals surface area contributed by atoms with E-state index in [2.05, 4.69) is 37.5 Å². The normalized spacial score (nSPS) is 17.6. The van der Waals surface area contributed by atoms with Crippen LogP contribution in [-0.2, 0) is 11.8 Å². The van der Waals surface area contributed by atoms with Crippen molar-refractivity contribution in [2.75, 3.05) is 32.8 Å². The van der Waals surface area contributed by atoms with Crippen LogP contribution in [0.1, 0.15) is 11.7 Å². The quantitative estimate of drug-likeness (QED) is 0.903. The van der Waals surface area contributed by atoms with Crippen LogP contribution in [0.4, 0.5) is 0 Å². The van der Waals surface area contributed by atoms with Crippen molar-refractivity contribution in [3.63, 3.8) is 0 Å². The molecule has 0 saturated carbocycles. The van der Waals surface area contributed by atoms with E-state index in [1.54, 1.807) is 0 Å². The molecule has 1 saturated heterocycles. The number of hydrogen-bond acceptors (Lipinski definition) is 4. The standard InChI is InChI=1S/C16H21BrN4O/c1-20-15(17)14(13(11-18)21-7-9-22-10-8-21)19-16(20)12-5-3-2-4-6-12/h2-6,13H,7-11,18H2,1H3. The number of morpholine rings is 1. The molecule has 1 aromatic carbocycles. The second kappa shape index (κ2) is 6.91. The number of nitrogens with two attached hydrogens (primary N) is 1. The number of imidazole rings is 1. The van der Waals surface area contributed by atoms with Crippen molar-refractivity contribution in [1.82, 2.24) is 14.5 Å². The molecule has 3 rings (SSSR count). The molecule has 1 unspecified atom stereocenters. The van der Waals surface area contributed by atoms with Crippen molar-refractivity contribution in [3.05, 3.63) is 40.6 Å². The zero-order valence-electron chi connectivity index (χ0n) is 12.7. The van der Waals surface area contributed by atoms with Gasteiger partial charge in [-0.25, -0.2) is 4.98 Å². The van der Waals surface area contributed by atoms with E-state index in [-0.39, 0.29) is 6.04 Å². The molecule has 1 aromatic heterocycles. The largest absolute Gasteiger partial charge is 0.379 e. The Kier molecular flexibility index (Phi) is 4.93. The predicted molar refractivity (Wildman–Crippen MR) is 90.5 cm³/mol. The average molecular weight is 365 g/mol. The minimum atomic E-state index is 0.113. The van der Waals surface area contributed by atoms with E-state index in [1.807, 2.05) is 25.2 Å². The van der Waals surface area contributed by atoms with Crippen molar-refractivity contribution in [1.29, 1.82) is 0 Å². The molecule has 1 aliphatic rings. The minimum absolute atomic E-state index is 0.113. The van der Waals surface area contributed by atoms with Gasteiger partial charge in [0.15, 0.2) is 0 Å². The molecule has 118 valence electrons. The molecule has 2 aromatic rings. The highest BCUT2D eigenvalue weighted by Crippen LogP contribution is 2.31. The van der Waals surface area contributed by atoms with Gasteiger partial charge < -0.3 is 15.0 Å². The summed E-state index contributed by atoms with van der Waals surface area (Å²) in [5, 5.41) is 0. The van der Waals surface area contributed by atoms with Crippen LogP contribution in [0.5, 0.6) is 0 Å². The second-order valence-electron chi connectivity index (χ2n) is 5.44. The SMILES string of the molecule is Cn1c(-c2ccccc2)nc(C(CN)N2CCOCC2)c1Br. The lowest BCUT2D eigenvalue weighted by Gasteiger charge is -2.33. The molecule has 1 atom stereocenters. The average Bonchev–Trinajstić information content (AvgIpc) is 2.86. The Balaban J connectivity index is 1.96. The summed E-state index contributed by atoms with van der Waals surface area (Å²) in [5.41, 5.74) is 8.16. The van der Waals surface area contributed by atoms with Gasteiger partial charge in [-0.05, 0) is 15.9 Å². The van der Waals surface area contributed by atoms with Gasteiger partial charge in [0, 0.05) is 32.2 Å². The van der Waals surface area contributed by atoms with Crippen LogP contribution >= 0.6 is 15.9 Å². The van der Waals surface area contributed by atoms with Gasteiger partial charge in [-0.2, -0.15) is 0 Å². The molecule has 0 aliphatic carbocycles. The van der Waals surface area contributed by atoms with Gasteiger partial charge in [0.2, 0.25) is 0 Å². The van der Waals surface area contributed by atoms with Gasteiger partial charge >= 0.3 is 0 Å². The Morgan fingerprint density at radius 2 is 1.95 bits per heavy atom. The summed E-state index contributed by atoms with van der Waals surface area (Å²) in [7, 11) is 2.02. The molecule has 0 radical (unpaired) electrons. The summed E-state index contributed by atoms with van der Waals surface area (Å²) in [5.74, 6) is 0.953. The van der Waals surface area contributed by atoms with Crippen LogP contribution in [0.25, 0.3) is 11.4 Å². The van der Waals surface area contributed by atoms with Crippen molar-refractivity contribution < 1.29 is 4.74 Å². The topological polar surface area (TPSA) is 56.3 Å². The highest BCUT2D eigenvalue weighted by molar-refractivity contribution is 9.10. The molecule has 0 bridgehead atoms. The molecule has 22 heavy (non-hydrogen) atoms. The van der Waals surface area contributed by atoms with Crippen LogP contribution in [-0.4, -0.2) is 47.3 Å². The third-order valence-electron chi connectivity index (χ3n) is 4.11. The van der Waals surface area contributed by atoms with Gasteiger partial charge in [0.25, 0.3) is 0 Å². The van der Waals surface area contributed by atoms with E-state index in [0.717, 1.165) is 48.0 Å². The molecule has 0 amide bonds. The molecule has 2 heterocycles. The fourth-order valence-electron chi connectivity index (χ4n) is 2.88. The number of benzene rings is 1. The number of aromatic nitrogens is 2. The summed E-state index contributed by atoms with van der Waals surface area (Å²) in [4.78, 5) is 7.23. The van der Waals surface area contributed by atoms with Crippen molar-refractivity contribution >= 4 is 15.9 Å². The number of halogens is 1. The molecule has 0 spiro atoms. The summed E-state index contributed by atoms with van der Waals surface area (Å²) >= 11 is 3.69. The molecule has 2 N–H and O–H groups in total. The van der Waals surface area contributed by atoms with Crippen molar-refractivity contribution in [2.24, 2.45) is 12.8 Å². The van der Waals surface area contributed by atoms with E-state index in [9.17, 15) is 0 Å². The van der Waals surface area contributed by atoms with Gasteiger partial charge in [0.1, 0.15) is 10.4 Å². The Morgan fingerprint density at radius 1 is 1.27 bits per heavy atom. The maximum Gasteiger partial charge on any atom is 0.140 e. The monoisotopic (exact) mass is 364 g/mol. The molecule has 1 fully saturated rings. The van der Waals surface area contributed by atoms with Gasteiger partial charge in [-0.1, -0.05) is 30.3 Å². The van der Waals surface area contributed by atoms with Crippen LogP contribution in [0.3, 0.4) is 0 Å². The van der Waals surface area contributed by atoms with Crippen LogP contribution in [0, 0.1) is 0 Å². The van der Waals surface area contributed by atoms with E-state index in [4.69, 9.17) is 15.5 Å². The first-order chi connectivity index (χ1) is 10.7. The summed E-state index contributed by atoms with van der Waals surface area (Å²) in [6, 6.07) is 10.3. The van der Waals surface area contributed by atoms with E-state index < -0.39 is 0 Å². The summed E-state index contributed by atoms with van der Waals surface area (Å²) in [6.07, 6.45) is 0. The molecular weight excluding hydrogens is 344 g/mol. The first kappa shape index (κ1) is 15.7. The fraction of sp³-hybridized carbons (Fsp3) is 0.438. The Hall–Kier alpha value is -1.21. The lowest BCUT2D eigenvalue weighted by molar-refractivity contribution is 0.0170. The van der Waals surface area contributed by atoms with Gasteiger partial charge in [0.05, 0.1) is 24.9 Å². The Morgan fingerprint density at radius 3 is 2.59 bits per heavy atom. The first-order valence-corrected chi connectivity index (χ1v) is 8.31. The van der Waals surface area contributed by atoms with E-state index in [1.165, 1.54) is 0 Å².